The summed E-state index contributed by atoms with van der Waals surface area (Å²) in [5.41, 5.74) is 0. The van der Waals surface area contributed by atoms with Gasteiger partial charge in [-0.3, -0.25) is 4.18 Å². The van der Waals surface area contributed by atoms with Gasteiger partial charge < -0.3 is 10.2 Å². The molecule has 0 saturated carbocycles. The van der Waals surface area contributed by atoms with E-state index in [1.165, 1.54) is 57.8 Å². The molecule has 0 rings (SSSR count). The van der Waals surface area contributed by atoms with Crippen LogP contribution in [0.4, 0.5) is 0 Å². The van der Waals surface area contributed by atoms with Crippen molar-refractivity contribution in [1.29, 1.82) is 0 Å². The van der Waals surface area contributed by atoms with Gasteiger partial charge in [0.05, 0.1) is 19.3 Å². The summed E-state index contributed by atoms with van der Waals surface area (Å²) >= 11 is 0. The molecular weight excluding hydrogens is 339 g/mol. The van der Waals surface area contributed by atoms with E-state index in [-0.39, 0.29) is 36.2 Å². The monoisotopic (exact) mass is 375 g/mol. The minimum Gasteiger partial charge on any atom is -0.394 e. The van der Waals surface area contributed by atoms with Crippen LogP contribution >= 0.6 is 0 Å². The Kier molecular flexibility index (Phi) is 21.0. The molecule has 5 nitrogen and oxygen atoms in total. The molecule has 0 aromatic carbocycles. The zero-order valence-corrected chi connectivity index (χ0v) is 18.5. The summed E-state index contributed by atoms with van der Waals surface area (Å²) in [7, 11) is -3.72. The Morgan fingerprint density at radius 3 is 1.67 bits per heavy atom. The Bertz CT molecular complexity index is 349. The zero-order valence-electron chi connectivity index (χ0n) is 15.7. The van der Waals surface area contributed by atoms with Gasteiger partial charge in [0.1, 0.15) is 5.75 Å². The smallest absolute Gasteiger partial charge is 0.394 e. The van der Waals surface area contributed by atoms with Gasteiger partial charge in [0, 0.05) is 0 Å². The average Bonchev–Trinajstić information content (AvgIpc) is 2.51. The molecule has 24 heavy (non-hydrogen) atoms. The van der Waals surface area contributed by atoms with Crippen LogP contribution in [0.2, 0.25) is 0 Å². The molecule has 0 aromatic heterocycles. The largest absolute Gasteiger partial charge is 1.00 e. The maximum atomic E-state index is 11.4. The Hall–Kier alpha value is 0.830. The second-order valence-corrected chi connectivity index (χ2v) is 7.96. The zero-order chi connectivity index (χ0) is 17.4. The molecule has 0 amide bonds. The van der Waals surface area contributed by atoms with Crippen LogP contribution in [0.3, 0.4) is 0 Å². The number of aliphatic hydroxyl groups excluding tert-OH is 2. The van der Waals surface area contributed by atoms with Gasteiger partial charge in [0.15, 0.2) is 0 Å². The van der Waals surface area contributed by atoms with Crippen molar-refractivity contribution in [2.75, 3.05) is 19.0 Å². The summed E-state index contributed by atoms with van der Waals surface area (Å²) in [5, 5.41) is 17.7. The fourth-order valence-electron chi connectivity index (χ4n) is 2.47. The van der Waals surface area contributed by atoms with Crippen LogP contribution < -0.4 is 29.6 Å². The number of hydrogen-bond donors (Lipinski definition) is 2. The summed E-state index contributed by atoms with van der Waals surface area (Å²) in [6.07, 6.45) is 13.4. The third-order valence-corrected chi connectivity index (χ3v) is 5.19. The molecule has 140 valence electrons. The third-order valence-electron chi connectivity index (χ3n) is 3.87. The molecule has 0 fully saturated rings. The van der Waals surface area contributed by atoms with E-state index in [0.717, 1.165) is 12.8 Å². The maximum absolute atomic E-state index is 11.4. The van der Waals surface area contributed by atoms with Crippen LogP contribution in [0.25, 0.3) is 0 Å². The average molecular weight is 376 g/mol. The summed E-state index contributed by atoms with van der Waals surface area (Å²) < 4.78 is 27.6. The van der Waals surface area contributed by atoms with Gasteiger partial charge in [-0.25, -0.2) is 0 Å². The summed E-state index contributed by atoms with van der Waals surface area (Å²) in [6, 6.07) is 0. The van der Waals surface area contributed by atoms with Crippen molar-refractivity contribution in [1.82, 2.24) is 0 Å². The first-order valence-corrected chi connectivity index (χ1v) is 10.8. The van der Waals surface area contributed by atoms with E-state index in [1.54, 1.807) is 0 Å². The van der Waals surface area contributed by atoms with Crippen LogP contribution in [0.5, 0.6) is 0 Å². The van der Waals surface area contributed by atoms with E-state index < -0.39 is 28.6 Å². The van der Waals surface area contributed by atoms with Crippen LogP contribution in [-0.2, 0) is 14.3 Å². The molecule has 1 unspecified atom stereocenters. The van der Waals surface area contributed by atoms with Crippen molar-refractivity contribution < 1.29 is 52.4 Å². The van der Waals surface area contributed by atoms with E-state index in [0.29, 0.717) is 6.42 Å². The first-order valence-electron chi connectivity index (χ1n) is 9.18. The van der Waals surface area contributed by atoms with E-state index in [9.17, 15) is 8.42 Å². The Balaban J connectivity index is 0. The maximum Gasteiger partial charge on any atom is 1.00 e. The van der Waals surface area contributed by atoms with Gasteiger partial charge in [-0.15, -0.1) is 0 Å². The van der Waals surface area contributed by atoms with Crippen molar-refractivity contribution in [3.8, 4) is 0 Å². The van der Waals surface area contributed by atoms with Crippen molar-refractivity contribution >= 4 is 10.1 Å². The predicted molar refractivity (Wildman–Crippen MR) is 93.9 cm³/mol. The van der Waals surface area contributed by atoms with Gasteiger partial charge in [-0.2, -0.15) is 8.42 Å². The van der Waals surface area contributed by atoms with Crippen LogP contribution in [0.1, 0.15) is 84.0 Å². The molecule has 0 saturated heterocycles. The number of aliphatic hydroxyl groups is 2. The quantitative estimate of drug-likeness (QED) is 0.218. The van der Waals surface area contributed by atoms with Crippen molar-refractivity contribution in [3.63, 3.8) is 0 Å². The van der Waals surface area contributed by atoms with Gasteiger partial charge in [0.2, 0.25) is 0 Å². The second kappa shape index (κ2) is 18.6. The summed E-state index contributed by atoms with van der Waals surface area (Å²) in [6.45, 7) is 1.83. The predicted octanol–water partition coefficient (Wildman–Crippen LogP) is 0.391. The Morgan fingerprint density at radius 2 is 1.25 bits per heavy atom. The summed E-state index contributed by atoms with van der Waals surface area (Å²) in [4.78, 5) is 0. The minimum atomic E-state index is -3.72. The minimum absolute atomic E-state index is 0. The summed E-state index contributed by atoms with van der Waals surface area (Å²) in [5.74, 6) is -0.540. The van der Waals surface area contributed by atoms with E-state index in [1.807, 2.05) is 0 Å². The van der Waals surface area contributed by atoms with Crippen molar-refractivity contribution in [2.45, 2.75) is 90.1 Å². The number of rotatable bonds is 17. The van der Waals surface area contributed by atoms with Crippen molar-refractivity contribution in [2.24, 2.45) is 0 Å². The van der Waals surface area contributed by atoms with E-state index >= 15 is 0 Å². The second-order valence-electron chi connectivity index (χ2n) is 6.27. The third kappa shape index (κ3) is 19.2. The van der Waals surface area contributed by atoms with E-state index in [2.05, 4.69) is 6.92 Å². The topological polar surface area (TPSA) is 83.8 Å². The fraction of sp³-hybridized carbons (Fsp3) is 1.00. The Labute approximate surface area is 171 Å². The molecule has 0 heterocycles. The van der Waals surface area contributed by atoms with Crippen molar-refractivity contribution in [3.05, 3.63) is 0 Å². The first-order chi connectivity index (χ1) is 11.0. The first kappa shape index (κ1) is 27.1. The molecule has 0 aliphatic rings. The van der Waals surface area contributed by atoms with Gasteiger partial charge in [0.25, 0.3) is 10.1 Å². The molecule has 0 aliphatic carbocycles. The van der Waals surface area contributed by atoms with Crippen LogP contribution in [0.15, 0.2) is 0 Å². The number of unbranched alkanes of at least 4 members (excludes halogenated alkanes) is 11. The Morgan fingerprint density at radius 1 is 0.833 bits per heavy atom. The molecule has 0 bridgehead atoms. The molecule has 0 aliphatic heterocycles. The molecule has 0 radical (unpaired) electrons. The van der Waals surface area contributed by atoms with Gasteiger partial charge >= 0.3 is 29.6 Å². The van der Waals surface area contributed by atoms with Gasteiger partial charge in [-0.05, 0) is 6.42 Å². The molecule has 0 spiro atoms. The van der Waals surface area contributed by atoms with E-state index in [4.69, 9.17) is 14.4 Å². The van der Waals surface area contributed by atoms with Gasteiger partial charge in [-0.1, -0.05) is 77.6 Å². The molecule has 0 aromatic rings. The molecule has 2 N–H and O–H groups in total. The molecule has 1 atom stereocenters. The molecule has 7 heteroatoms. The standard InChI is InChI=1S/C17H36O5S.Na/c1-2-3-4-5-6-7-8-9-10-11-12-13-14-22-23(20,21)16-17(19)15-18;/h17-19H,2-16H2,1H3;/q;+1. The normalized spacial score (nSPS) is 12.8. The SMILES string of the molecule is CCCCCCCCCCCCCCOS(=O)(=O)CC(O)CO.[Na+]. The van der Waals surface area contributed by atoms with Crippen LogP contribution in [0, 0.1) is 0 Å². The number of hydrogen-bond acceptors (Lipinski definition) is 5. The fourth-order valence-corrected chi connectivity index (χ4v) is 3.51. The molecular formula is C17H36NaO5S+. The van der Waals surface area contributed by atoms with Crippen LogP contribution in [-0.4, -0.2) is 43.7 Å².